The van der Waals surface area contributed by atoms with Crippen molar-refractivity contribution in [2.45, 2.75) is 77.0 Å². The van der Waals surface area contributed by atoms with E-state index >= 15 is 0 Å². The van der Waals surface area contributed by atoms with E-state index in [0.29, 0.717) is 0 Å². The lowest BCUT2D eigenvalue weighted by molar-refractivity contribution is -0.858. The van der Waals surface area contributed by atoms with Gasteiger partial charge in [0.2, 0.25) is 0 Å². The van der Waals surface area contributed by atoms with Gasteiger partial charge in [-0.3, -0.25) is 0 Å². The molecule has 1 N–H and O–H groups in total. The van der Waals surface area contributed by atoms with Crippen LogP contribution >= 0.6 is 0 Å². The normalized spacial score (nSPS) is 10.9. The van der Waals surface area contributed by atoms with E-state index in [9.17, 15) is 0 Å². The first-order valence-corrected chi connectivity index (χ1v) is 9.10. The van der Waals surface area contributed by atoms with Gasteiger partial charge in [0.25, 0.3) is 0 Å². The van der Waals surface area contributed by atoms with E-state index in [0.717, 1.165) is 12.2 Å². The minimum Gasteiger partial charge on any atom is -1.00 e. The van der Waals surface area contributed by atoms with Crippen LogP contribution in [0.3, 0.4) is 0 Å². The van der Waals surface area contributed by atoms with Gasteiger partial charge < -0.3 is 14.0 Å². The minimum atomic E-state index is 0. The second-order valence-electron chi connectivity index (χ2n) is 6.68. The lowest BCUT2D eigenvalue weighted by Gasteiger charge is -2.06. The van der Waals surface area contributed by atoms with Gasteiger partial charge in [-0.25, -0.2) is 0 Å². The van der Waals surface area contributed by atoms with Gasteiger partial charge in [-0.1, -0.05) is 51.4 Å². The zero-order valence-electron chi connectivity index (χ0n) is 14.7. The number of furan rings is 1. The summed E-state index contributed by atoms with van der Waals surface area (Å²) in [4.78, 5) is 1.59. The fourth-order valence-corrected chi connectivity index (χ4v) is 2.82. The maximum absolute atomic E-state index is 5.35. The van der Waals surface area contributed by atoms with Crippen LogP contribution in [0.15, 0.2) is 22.8 Å². The van der Waals surface area contributed by atoms with E-state index in [2.05, 4.69) is 20.2 Å². The summed E-state index contributed by atoms with van der Waals surface area (Å²) in [6, 6.07) is 4.07. The third-order valence-corrected chi connectivity index (χ3v) is 4.18. The lowest BCUT2D eigenvalue weighted by Crippen LogP contribution is -3.05. The standard InChI is InChI=1S/C19H35NO.FH/c1-20(2)17-13-11-9-7-5-3-4-6-8-10-12-15-19-16-14-18-21-19;/h14,16,18H,3-13,15,17H2,1-2H3;1H. The first kappa shape index (κ1) is 21.2. The number of nitrogens with one attached hydrogen (secondary N) is 1. The van der Waals surface area contributed by atoms with Crippen LogP contribution < -0.4 is 9.60 Å². The van der Waals surface area contributed by atoms with Crippen LogP contribution in [0.4, 0.5) is 0 Å². The van der Waals surface area contributed by atoms with Crippen molar-refractivity contribution in [1.29, 1.82) is 0 Å². The SMILES string of the molecule is C[NH+](C)CCCCCCCCCCCCCc1ccco1.[F-]. The molecule has 0 radical (unpaired) electrons. The molecule has 3 heteroatoms. The van der Waals surface area contributed by atoms with Gasteiger partial charge in [0.15, 0.2) is 0 Å². The van der Waals surface area contributed by atoms with E-state index in [1.165, 1.54) is 77.2 Å². The Morgan fingerprint density at radius 2 is 1.27 bits per heavy atom. The van der Waals surface area contributed by atoms with Gasteiger partial charge >= 0.3 is 0 Å². The first-order chi connectivity index (χ1) is 10.3. The molecule has 22 heavy (non-hydrogen) atoms. The smallest absolute Gasteiger partial charge is 0.103 e. The van der Waals surface area contributed by atoms with Crippen LogP contribution in [0.5, 0.6) is 0 Å². The third-order valence-electron chi connectivity index (χ3n) is 4.18. The highest BCUT2D eigenvalue weighted by molar-refractivity contribution is 4.97. The van der Waals surface area contributed by atoms with Crippen molar-refractivity contribution < 1.29 is 14.0 Å². The highest BCUT2D eigenvalue weighted by Crippen LogP contribution is 2.12. The van der Waals surface area contributed by atoms with E-state index in [4.69, 9.17) is 4.42 Å². The molecule has 0 atom stereocenters. The zero-order chi connectivity index (χ0) is 15.2. The largest absolute Gasteiger partial charge is 1.00 e. The fraction of sp³-hybridized carbons (Fsp3) is 0.789. The molecule has 1 aromatic rings. The first-order valence-electron chi connectivity index (χ1n) is 9.10. The molecule has 0 aliphatic rings. The summed E-state index contributed by atoms with van der Waals surface area (Å²) in [7, 11) is 4.49. The number of hydrogen-bond donors (Lipinski definition) is 1. The number of unbranched alkanes of at least 4 members (excludes halogenated alkanes) is 10. The van der Waals surface area contributed by atoms with Gasteiger partial charge in [0, 0.05) is 6.42 Å². The van der Waals surface area contributed by atoms with E-state index in [1.807, 2.05) is 6.07 Å². The lowest BCUT2D eigenvalue weighted by atomic mass is 10.0. The second kappa shape index (κ2) is 15.1. The van der Waals surface area contributed by atoms with Crippen LogP contribution in [0.2, 0.25) is 0 Å². The molecule has 0 bridgehead atoms. The number of hydrogen-bond acceptors (Lipinski definition) is 1. The Hall–Kier alpha value is -0.830. The van der Waals surface area contributed by atoms with E-state index in [1.54, 1.807) is 11.2 Å². The average molecular weight is 314 g/mol. The van der Waals surface area contributed by atoms with Crippen molar-refractivity contribution in [3.05, 3.63) is 24.2 Å². The molecule has 0 aliphatic heterocycles. The Morgan fingerprint density at radius 1 is 0.773 bits per heavy atom. The van der Waals surface area contributed by atoms with E-state index < -0.39 is 0 Å². The highest BCUT2D eigenvalue weighted by atomic mass is 19.0. The molecular formula is C19H36FNO. The monoisotopic (exact) mass is 313 g/mol. The highest BCUT2D eigenvalue weighted by Gasteiger charge is 1.97. The fourth-order valence-electron chi connectivity index (χ4n) is 2.82. The van der Waals surface area contributed by atoms with Gasteiger partial charge in [-0.05, 0) is 31.4 Å². The second-order valence-corrected chi connectivity index (χ2v) is 6.68. The van der Waals surface area contributed by atoms with Crippen molar-refractivity contribution in [2.75, 3.05) is 20.6 Å². The number of quaternary nitrogens is 1. The van der Waals surface area contributed by atoms with Crippen LogP contribution in [0, 0.1) is 0 Å². The maximum atomic E-state index is 5.35. The van der Waals surface area contributed by atoms with Crippen molar-refractivity contribution in [3.63, 3.8) is 0 Å². The molecule has 0 unspecified atom stereocenters. The number of rotatable bonds is 14. The predicted molar refractivity (Wildman–Crippen MR) is 90.9 cm³/mol. The Kier molecular flexibility index (Phi) is 14.5. The Labute approximate surface area is 136 Å². The minimum absolute atomic E-state index is 0. The Morgan fingerprint density at radius 3 is 1.73 bits per heavy atom. The molecule has 0 aliphatic carbocycles. The number of aryl methyl sites for hydroxylation is 1. The van der Waals surface area contributed by atoms with Gasteiger partial charge in [0.05, 0.1) is 26.9 Å². The summed E-state index contributed by atoms with van der Waals surface area (Å²) in [5.41, 5.74) is 0. The summed E-state index contributed by atoms with van der Waals surface area (Å²) >= 11 is 0. The Bertz CT molecular complexity index is 311. The van der Waals surface area contributed by atoms with Gasteiger partial charge in [-0.15, -0.1) is 0 Å². The van der Waals surface area contributed by atoms with E-state index in [-0.39, 0.29) is 4.70 Å². The molecular weight excluding hydrogens is 277 g/mol. The van der Waals surface area contributed by atoms with Crippen molar-refractivity contribution in [3.8, 4) is 0 Å². The molecule has 0 saturated heterocycles. The molecule has 1 rings (SSSR count). The van der Waals surface area contributed by atoms with Crippen LogP contribution in [0.25, 0.3) is 0 Å². The third kappa shape index (κ3) is 12.9. The summed E-state index contributed by atoms with van der Waals surface area (Å²) in [5, 5.41) is 0. The van der Waals surface area contributed by atoms with Crippen LogP contribution in [0.1, 0.15) is 76.4 Å². The maximum Gasteiger partial charge on any atom is 0.103 e. The number of halogens is 1. The quantitative estimate of drug-likeness (QED) is 0.512. The molecule has 1 aromatic heterocycles. The molecule has 0 spiro atoms. The summed E-state index contributed by atoms with van der Waals surface area (Å²) in [6.07, 6.45) is 18.4. The molecule has 0 aromatic carbocycles. The Balaban J connectivity index is 0.00000441. The topological polar surface area (TPSA) is 17.6 Å². The molecule has 130 valence electrons. The van der Waals surface area contributed by atoms with Crippen molar-refractivity contribution in [2.24, 2.45) is 0 Å². The van der Waals surface area contributed by atoms with Crippen molar-refractivity contribution in [1.82, 2.24) is 0 Å². The summed E-state index contributed by atoms with van der Waals surface area (Å²) < 4.78 is 5.35. The van der Waals surface area contributed by atoms with Crippen LogP contribution in [-0.2, 0) is 6.42 Å². The van der Waals surface area contributed by atoms with Crippen LogP contribution in [-0.4, -0.2) is 20.6 Å². The molecule has 0 fully saturated rings. The zero-order valence-corrected chi connectivity index (χ0v) is 14.7. The molecule has 0 saturated carbocycles. The summed E-state index contributed by atoms with van der Waals surface area (Å²) in [5.74, 6) is 1.14. The average Bonchev–Trinajstić information content (AvgIpc) is 2.97. The molecule has 2 nitrogen and oxygen atoms in total. The van der Waals surface area contributed by atoms with Gasteiger partial charge in [-0.2, -0.15) is 0 Å². The molecule has 0 amide bonds. The van der Waals surface area contributed by atoms with Gasteiger partial charge in [0.1, 0.15) is 5.76 Å². The molecule has 1 heterocycles. The summed E-state index contributed by atoms with van der Waals surface area (Å²) in [6.45, 7) is 1.33. The predicted octanol–water partition coefficient (Wildman–Crippen LogP) is 1.26. The van der Waals surface area contributed by atoms with Crippen molar-refractivity contribution >= 4 is 0 Å².